The first-order valence-corrected chi connectivity index (χ1v) is 7.56. The fraction of sp³-hybridized carbons (Fsp3) is 0.364. The van der Waals surface area contributed by atoms with Gasteiger partial charge in [0.15, 0.2) is 0 Å². The summed E-state index contributed by atoms with van der Waals surface area (Å²) in [5.41, 5.74) is 1.50. The van der Waals surface area contributed by atoms with E-state index in [0.717, 1.165) is 20.3 Å². The summed E-state index contributed by atoms with van der Waals surface area (Å²) in [6.07, 6.45) is 3.38. The van der Waals surface area contributed by atoms with Crippen LogP contribution in [-0.4, -0.2) is 37.8 Å². The van der Waals surface area contributed by atoms with Crippen molar-refractivity contribution in [2.75, 3.05) is 7.05 Å². The van der Waals surface area contributed by atoms with E-state index in [9.17, 15) is 4.79 Å². The maximum Gasteiger partial charge on any atom is 0.273 e. The highest BCUT2D eigenvalue weighted by molar-refractivity contribution is 14.1. The van der Waals surface area contributed by atoms with Gasteiger partial charge in [0.25, 0.3) is 5.91 Å². The van der Waals surface area contributed by atoms with Gasteiger partial charge in [-0.2, -0.15) is 10.2 Å². The summed E-state index contributed by atoms with van der Waals surface area (Å²) in [5.74, 6) is -0.0855. The molecule has 0 aliphatic carbocycles. The number of carbonyl (C=O) groups is 1. The first-order valence-electron chi connectivity index (χ1n) is 5.69. The third-order valence-corrected chi connectivity index (χ3v) is 4.22. The Labute approximate surface area is 132 Å². The predicted octanol–water partition coefficient (Wildman–Crippen LogP) is 2.27. The quantitative estimate of drug-likeness (QED) is 0.746. The Bertz CT molecular complexity index is 594. The van der Waals surface area contributed by atoms with E-state index >= 15 is 0 Å². The lowest BCUT2D eigenvalue weighted by Crippen LogP contribution is -2.28. The molecule has 0 fully saturated rings. The van der Waals surface area contributed by atoms with E-state index in [1.54, 1.807) is 24.3 Å². The summed E-state index contributed by atoms with van der Waals surface area (Å²) >= 11 is 5.54. The molecule has 0 aromatic carbocycles. The molecule has 2 aromatic heterocycles. The molecular weight excluding hydrogens is 425 g/mol. The summed E-state index contributed by atoms with van der Waals surface area (Å²) in [7, 11) is 1.76. The number of rotatable bonds is 4. The number of H-pyrrole nitrogens is 1. The summed E-state index contributed by atoms with van der Waals surface area (Å²) < 4.78 is 3.59. The van der Waals surface area contributed by atoms with Gasteiger partial charge >= 0.3 is 0 Å². The molecule has 2 heterocycles. The lowest BCUT2D eigenvalue weighted by molar-refractivity contribution is 0.0774. The number of aromatic nitrogens is 4. The molecule has 0 atom stereocenters. The van der Waals surface area contributed by atoms with Crippen molar-refractivity contribution in [3.8, 4) is 0 Å². The van der Waals surface area contributed by atoms with E-state index in [4.69, 9.17) is 0 Å². The Morgan fingerprint density at radius 2 is 2.32 bits per heavy atom. The molecule has 102 valence electrons. The zero-order valence-corrected chi connectivity index (χ0v) is 14.3. The Kier molecular flexibility index (Phi) is 4.61. The number of nitrogens with one attached hydrogen (secondary N) is 1. The van der Waals surface area contributed by atoms with Crippen molar-refractivity contribution in [2.24, 2.45) is 0 Å². The van der Waals surface area contributed by atoms with Gasteiger partial charge in [0.1, 0.15) is 5.69 Å². The summed E-state index contributed by atoms with van der Waals surface area (Å²) in [5, 5.41) is 10.8. The molecule has 0 aliphatic heterocycles. The SMILES string of the molecule is CCn1ncc(Br)c1CN(C)C(=O)c1[nH]ncc1I. The van der Waals surface area contributed by atoms with Crippen LogP contribution in [0.5, 0.6) is 0 Å². The fourth-order valence-electron chi connectivity index (χ4n) is 1.73. The smallest absolute Gasteiger partial charge is 0.273 e. The molecule has 1 N–H and O–H groups in total. The minimum atomic E-state index is -0.0855. The standard InChI is InChI=1S/C11H13BrIN5O/c1-3-18-9(7(12)4-15-18)6-17(2)11(19)10-8(13)5-14-16-10/h4-5H,3,6H2,1-2H3,(H,14,16). The minimum absolute atomic E-state index is 0.0855. The van der Waals surface area contributed by atoms with Crippen LogP contribution in [-0.2, 0) is 13.1 Å². The number of hydrogen-bond acceptors (Lipinski definition) is 3. The van der Waals surface area contributed by atoms with E-state index in [1.165, 1.54) is 0 Å². The van der Waals surface area contributed by atoms with E-state index in [-0.39, 0.29) is 5.91 Å². The molecule has 2 rings (SSSR count). The Hall–Kier alpha value is -0.900. The van der Waals surface area contributed by atoms with Crippen molar-refractivity contribution in [2.45, 2.75) is 20.0 Å². The molecule has 6 nitrogen and oxygen atoms in total. The molecular formula is C11H13BrIN5O. The minimum Gasteiger partial charge on any atom is -0.334 e. The molecule has 0 saturated carbocycles. The summed E-state index contributed by atoms with van der Waals surface area (Å²) in [6, 6.07) is 0. The molecule has 0 radical (unpaired) electrons. The molecule has 0 aliphatic rings. The third-order valence-electron chi connectivity index (χ3n) is 2.74. The molecule has 19 heavy (non-hydrogen) atoms. The number of aromatic amines is 1. The molecule has 1 amide bonds. The third kappa shape index (κ3) is 2.99. The number of halogens is 2. The Morgan fingerprint density at radius 3 is 2.89 bits per heavy atom. The van der Waals surface area contributed by atoms with Crippen molar-refractivity contribution in [3.05, 3.63) is 31.8 Å². The monoisotopic (exact) mass is 437 g/mol. The van der Waals surface area contributed by atoms with Crippen LogP contribution in [0.4, 0.5) is 0 Å². The highest BCUT2D eigenvalue weighted by atomic mass is 127. The van der Waals surface area contributed by atoms with Crippen LogP contribution in [0.15, 0.2) is 16.9 Å². The molecule has 0 saturated heterocycles. The van der Waals surface area contributed by atoms with Crippen molar-refractivity contribution in [1.29, 1.82) is 0 Å². The number of hydrogen-bond donors (Lipinski definition) is 1. The van der Waals surface area contributed by atoms with Gasteiger partial charge in [-0.15, -0.1) is 0 Å². The van der Waals surface area contributed by atoms with Gasteiger partial charge in [-0.3, -0.25) is 14.6 Å². The second-order valence-electron chi connectivity index (χ2n) is 4.01. The van der Waals surface area contributed by atoms with Crippen LogP contribution in [0.25, 0.3) is 0 Å². The zero-order valence-electron chi connectivity index (χ0n) is 10.5. The first-order chi connectivity index (χ1) is 9.04. The normalized spacial score (nSPS) is 10.7. The summed E-state index contributed by atoms with van der Waals surface area (Å²) in [4.78, 5) is 13.9. The van der Waals surface area contributed by atoms with E-state index in [2.05, 4.69) is 53.8 Å². The number of nitrogens with zero attached hydrogens (tertiary/aromatic N) is 4. The average Bonchev–Trinajstić information content (AvgIpc) is 2.96. The largest absolute Gasteiger partial charge is 0.334 e. The highest BCUT2D eigenvalue weighted by Crippen LogP contribution is 2.19. The van der Waals surface area contributed by atoms with Gasteiger partial charge in [0.05, 0.1) is 32.7 Å². The molecule has 0 bridgehead atoms. The van der Waals surface area contributed by atoms with Gasteiger partial charge in [-0.25, -0.2) is 0 Å². The zero-order chi connectivity index (χ0) is 14.0. The maximum absolute atomic E-state index is 12.3. The van der Waals surface area contributed by atoms with Crippen LogP contribution in [0.1, 0.15) is 23.1 Å². The van der Waals surface area contributed by atoms with Crippen molar-refractivity contribution >= 4 is 44.4 Å². The number of aryl methyl sites for hydroxylation is 1. The number of amides is 1. The molecule has 2 aromatic rings. The number of carbonyl (C=O) groups excluding carboxylic acids is 1. The molecule has 0 unspecified atom stereocenters. The second-order valence-corrected chi connectivity index (χ2v) is 6.03. The highest BCUT2D eigenvalue weighted by Gasteiger charge is 2.19. The average molecular weight is 438 g/mol. The van der Waals surface area contributed by atoms with Crippen molar-refractivity contribution < 1.29 is 4.79 Å². The van der Waals surface area contributed by atoms with E-state index < -0.39 is 0 Å². The van der Waals surface area contributed by atoms with Gasteiger partial charge in [-0.1, -0.05) is 0 Å². The van der Waals surface area contributed by atoms with Crippen LogP contribution in [0.2, 0.25) is 0 Å². The lowest BCUT2D eigenvalue weighted by Gasteiger charge is -2.17. The lowest BCUT2D eigenvalue weighted by atomic mass is 10.3. The van der Waals surface area contributed by atoms with Crippen LogP contribution in [0, 0.1) is 3.57 Å². The Balaban J connectivity index is 2.17. The Morgan fingerprint density at radius 1 is 1.58 bits per heavy atom. The fourth-order valence-corrected chi connectivity index (χ4v) is 2.64. The second kappa shape index (κ2) is 6.04. The van der Waals surface area contributed by atoms with Gasteiger partial charge in [0, 0.05) is 13.6 Å². The van der Waals surface area contributed by atoms with E-state index in [1.807, 2.05) is 11.6 Å². The van der Waals surface area contributed by atoms with Crippen LogP contribution >= 0.6 is 38.5 Å². The topological polar surface area (TPSA) is 66.8 Å². The van der Waals surface area contributed by atoms with Crippen LogP contribution in [0.3, 0.4) is 0 Å². The first kappa shape index (κ1) is 14.5. The van der Waals surface area contributed by atoms with Gasteiger partial charge in [-0.05, 0) is 45.4 Å². The molecule has 8 heteroatoms. The van der Waals surface area contributed by atoms with Crippen molar-refractivity contribution in [1.82, 2.24) is 24.9 Å². The van der Waals surface area contributed by atoms with Crippen molar-refractivity contribution in [3.63, 3.8) is 0 Å². The summed E-state index contributed by atoms with van der Waals surface area (Å²) in [6.45, 7) is 3.27. The van der Waals surface area contributed by atoms with Gasteiger partial charge in [0.2, 0.25) is 0 Å². The van der Waals surface area contributed by atoms with Crippen LogP contribution < -0.4 is 0 Å². The van der Waals surface area contributed by atoms with Gasteiger partial charge < -0.3 is 4.90 Å². The van der Waals surface area contributed by atoms with E-state index in [0.29, 0.717) is 12.2 Å². The maximum atomic E-state index is 12.3. The molecule has 0 spiro atoms. The predicted molar refractivity (Wildman–Crippen MR) is 82.7 cm³/mol.